The highest BCUT2D eigenvalue weighted by molar-refractivity contribution is 8.00. The number of benzene rings is 2. The first-order valence-corrected chi connectivity index (χ1v) is 10.8. The van der Waals surface area contributed by atoms with Crippen molar-refractivity contribution in [2.75, 3.05) is 18.3 Å². The molecular weight excluding hydrogens is 418 g/mol. The van der Waals surface area contributed by atoms with Crippen molar-refractivity contribution in [1.29, 1.82) is 0 Å². The first-order chi connectivity index (χ1) is 14.7. The van der Waals surface area contributed by atoms with E-state index >= 15 is 0 Å². The van der Waals surface area contributed by atoms with Gasteiger partial charge in [0.25, 0.3) is 0 Å². The van der Waals surface area contributed by atoms with Crippen LogP contribution in [0.2, 0.25) is 0 Å². The zero-order valence-corrected chi connectivity index (χ0v) is 17.7. The Morgan fingerprint density at radius 3 is 2.70 bits per heavy atom. The maximum Gasteiger partial charge on any atom is 0.242 e. The molecule has 2 aromatic carbocycles. The molecule has 7 nitrogen and oxygen atoms in total. The molecule has 1 atom stereocenters. The van der Waals surface area contributed by atoms with Gasteiger partial charge in [0.05, 0.1) is 12.0 Å². The van der Waals surface area contributed by atoms with Crippen LogP contribution >= 0.6 is 23.1 Å². The molecule has 0 aliphatic carbocycles. The van der Waals surface area contributed by atoms with E-state index < -0.39 is 5.25 Å². The standard InChI is InChI=1S/C21H19N5O2S2/c1-28-16-10-5-9-15(13-16)23-20(27)18(14-7-3-2-4-8-14)30-21-25-24-19(26(21)22)17-11-6-12-29-17/h2-13,18H,22H2,1H3,(H,23,27). The fourth-order valence-electron chi connectivity index (χ4n) is 2.85. The average Bonchev–Trinajstić information content (AvgIpc) is 3.42. The Morgan fingerprint density at radius 2 is 1.97 bits per heavy atom. The van der Waals surface area contributed by atoms with Crippen LogP contribution in [0.3, 0.4) is 0 Å². The molecule has 152 valence electrons. The van der Waals surface area contributed by atoms with Crippen LogP contribution in [-0.4, -0.2) is 27.9 Å². The fourth-order valence-corrected chi connectivity index (χ4v) is 4.51. The predicted octanol–water partition coefficient (Wildman–Crippen LogP) is 4.20. The van der Waals surface area contributed by atoms with Gasteiger partial charge >= 0.3 is 0 Å². The first kappa shape index (κ1) is 20.0. The second-order valence-corrected chi connectivity index (χ2v) is 8.30. The third-order valence-electron chi connectivity index (χ3n) is 4.31. The molecule has 1 unspecified atom stereocenters. The number of carbonyl (C=O) groups is 1. The maximum absolute atomic E-state index is 13.2. The molecule has 0 spiro atoms. The number of nitrogen functional groups attached to an aromatic ring is 1. The van der Waals surface area contributed by atoms with E-state index in [-0.39, 0.29) is 5.91 Å². The van der Waals surface area contributed by atoms with Crippen molar-refractivity contribution in [1.82, 2.24) is 14.9 Å². The Hall–Kier alpha value is -3.30. The largest absolute Gasteiger partial charge is 0.497 e. The Bertz CT molecular complexity index is 1130. The SMILES string of the molecule is COc1cccc(NC(=O)C(Sc2nnc(-c3cccs3)n2N)c2ccccc2)c1. The number of hydrogen-bond acceptors (Lipinski definition) is 7. The number of ether oxygens (including phenoxy) is 1. The lowest BCUT2D eigenvalue weighted by Crippen LogP contribution is -2.20. The summed E-state index contributed by atoms with van der Waals surface area (Å²) in [5.74, 6) is 7.27. The minimum Gasteiger partial charge on any atom is -0.497 e. The number of hydrogen-bond donors (Lipinski definition) is 2. The monoisotopic (exact) mass is 437 g/mol. The summed E-state index contributed by atoms with van der Waals surface area (Å²) in [6.07, 6.45) is 0. The summed E-state index contributed by atoms with van der Waals surface area (Å²) >= 11 is 2.78. The summed E-state index contributed by atoms with van der Waals surface area (Å²) in [4.78, 5) is 14.1. The van der Waals surface area contributed by atoms with Crippen molar-refractivity contribution < 1.29 is 9.53 Å². The van der Waals surface area contributed by atoms with Crippen molar-refractivity contribution in [2.24, 2.45) is 0 Å². The lowest BCUT2D eigenvalue weighted by Gasteiger charge is -2.16. The number of nitrogens with two attached hydrogens (primary N) is 1. The van der Waals surface area contributed by atoms with Crippen LogP contribution in [0.4, 0.5) is 5.69 Å². The van der Waals surface area contributed by atoms with Gasteiger partial charge in [0.15, 0.2) is 5.82 Å². The van der Waals surface area contributed by atoms with Crippen LogP contribution in [0.5, 0.6) is 5.75 Å². The summed E-state index contributed by atoms with van der Waals surface area (Å²) < 4.78 is 6.66. The number of thiophene rings is 1. The highest BCUT2D eigenvalue weighted by atomic mass is 32.2. The molecule has 30 heavy (non-hydrogen) atoms. The Kier molecular flexibility index (Phi) is 6.01. The summed E-state index contributed by atoms with van der Waals surface area (Å²) in [5, 5.41) is 13.2. The molecule has 0 aliphatic rings. The minimum absolute atomic E-state index is 0.194. The van der Waals surface area contributed by atoms with Gasteiger partial charge in [-0.05, 0) is 29.1 Å². The van der Waals surface area contributed by atoms with Gasteiger partial charge in [-0.1, -0.05) is 54.2 Å². The Labute approximate surface area is 181 Å². The van der Waals surface area contributed by atoms with Gasteiger partial charge in [-0.25, -0.2) is 4.68 Å². The molecule has 0 fully saturated rings. The number of rotatable bonds is 7. The molecule has 4 aromatic rings. The highest BCUT2D eigenvalue weighted by Crippen LogP contribution is 2.36. The predicted molar refractivity (Wildman–Crippen MR) is 120 cm³/mol. The molecule has 0 radical (unpaired) electrons. The normalized spacial score (nSPS) is 11.8. The summed E-state index contributed by atoms with van der Waals surface area (Å²) in [6.45, 7) is 0. The summed E-state index contributed by atoms with van der Waals surface area (Å²) in [5.41, 5.74) is 1.48. The van der Waals surface area contributed by atoms with E-state index in [1.807, 2.05) is 66.0 Å². The van der Waals surface area contributed by atoms with E-state index in [9.17, 15) is 4.79 Å². The fraction of sp³-hybridized carbons (Fsp3) is 0.0952. The minimum atomic E-state index is -0.569. The van der Waals surface area contributed by atoms with Gasteiger partial charge < -0.3 is 15.9 Å². The van der Waals surface area contributed by atoms with Gasteiger partial charge in [0, 0.05) is 11.8 Å². The zero-order valence-electron chi connectivity index (χ0n) is 16.1. The summed E-state index contributed by atoms with van der Waals surface area (Å²) in [6, 6.07) is 20.6. The Morgan fingerprint density at radius 1 is 1.13 bits per heavy atom. The number of anilines is 1. The van der Waals surface area contributed by atoms with Gasteiger partial charge in [0.1, 0.15) is 11.0 Å². The quantitative estimate of drug-likeness (QED) is 0.332. The lowest BCUT2D eigenvalue weighted by molar-refractivity contribution is -0.115. The van der Waals surface area contributed by atoms with Crippen molar-refractivity contribution in [2.45, 2.75) is 10.4 Å². The van der Waals surface area contributed by atoms with Crippen LogP contribution in [-0.2, 0) is 4.79 Å². The van der Waals surface area contributed by atoms with E-state index in [4.69, 9.17) is 10.6 Å². The molecule has 2 aromatic heterocycles. The third-order valence-corrected chi connectivity index (χ3v) is 6.38. The van der Waals surface area contributed by atoms with Gasteiger partial charge in [-0.3, -0.25) is 4.79 Å². The average molecular weight is 438 g/mol. The van der Waals surface area contributed by atoms with Crippen LogP contribution in [0, 0.1) is 0 Å². The second kappa shape index (κ2) is 9.02. The maximum atomic E-state index is 13.2. The van der Waals surface area contributed by atoms with Crippen LogP contribution in [0.1, 0.15) is 10.8 Å². The van der Waals surface area contributed by atoms with E-state index in [2.05, 4.69) is 15.5 Å². The molecule has 9 heteroatoms. The lowest BCUT2D eigenvalue weighted by atomic mass is 10.1. The van der Waals surface area contributed by atoms with E-state index in [1.54, 1.807) is 13.2 Å². The van der Waals surface area contributed by atoms with E-state index in [0.29, 0.717) is 22.4 Å². The third kappa shape index (κ3) is 4.32. The van der Waals surface area contributed by atoms with Crippen LogP contribution < -0.4 is 15.9 Å². The number of methoxy groups -OCH3 is 1. The summed E-state index contributed by atoms with van der Waals surface area (Å²) in [7, 11) is 1.59. The van der Waals surface area contributed by atoms with Crippen molar-refractivity contribution in [3.8, 4) is 16.5 Å². The Balaban J connectivity index is 1.62. The van der Waals surface area contributed by atoms with E-state index in [0.717, 1.165) is 10.4 Å². The molecule has 0 saturated carbocycles. The number of carbonyl (C=O) groups excluding carboxylic acids is 1. The van der Waals surface area contributed by atoms with Gasteiger partial charge in [-0.2, -0.15) is 0 Å². The van der Waals surface area contributed by atoms with Gasteiger partial charge in [-0.15, -0.1) is 21.5 Å². The molecule has 4 rings (SSSR count). The number of thioether (sulfide) groups is 1. The second-order valence-electron chi connectivity index (χ2n) is 6.28. The smallest absolute Gasteiger partial charge is 0.242 e. The number of nitrogens with zero attached hydrogens (tertiary/aromatic N) is 3. The van der Waals surface area contributed by atoms with Crippen molar-refractivity contribution in [3.05, 3.63) is 77.7 Å². The molecule has 0 aliphatic heterocycles. The highest BCUT2D eigenvalue weighted by Gasteiger charge is 2.26. The van der Waals surface area contributed by atoms with Crippen LogP contribution in [0.25, 0.3) is 10.7 Å². The molecule has 1 amide bonds. The topological polar surface area (TPSA) is 95.1 Å². The molecular formula is C21H19N5O2S2. The number of amides is 1. The number of aromatic nitrogens is 3. The van der Waals surface area contributed by atoms with Crippen molar-refractivity contribution >= 4 is 34.7 Å². The van der Waals surface area contributed by atoms with Crippen LogP contribution in [0.15, 0.2) is 77.3 Å². The zero-order chi connectivity index (χ0) is 20.9. The van der Waals surface area contributed by atoms with Crippen molar-refractivity contribution in [3.63, 3.8) is 0 Å². The molecule has 3 N–H and O–H groups in total. The molecule has 2 heterocycles. The van der Waals surface area contributed by atoms with E-state index in [1.165, 1.54) is 27.8 Å². The molecule has 0 bridgehead atoms. The first-order valence-electron chi connectivity index (χ1n) is 9.06. The number of nitrogens with one attached hydrogen (secondary N) is 1. The van der Waals surface area contributed by atoms with Gasteiger partial charge in [0.2, 0.25) is 11.1 Å². The molecule has 0 saturated heterocycles.